The first-order valence-corrected chi connectivity index (χ1v) is 7.28. The summed E-state index contributed by atoms with van der Waals surface area (Å²) >= 11 is 1.42. The summed E-state index contributed by atoms with van der Waals surface area (Å²) in [6, 6.07) is 0. The van der Waals surface area contributed by atoms with Gasteiger partial charge in [-0.1, -0.05) is 6.92 Å². The summed E-state index contributed by atoms with van der Waals surface area (Å²) < 4.78 is 0. The Bertz CT molecular complexity index is 457. The summed E-state index contributed by atoms with van der Waals surface area (Å²) in [6.07, 6.45) is 1.84. The predicted molar refractivity (Wildman–Crippen MR) is 74.7 cm³/mol. The van der Waals surface area contributed by atoms with Gasteiger partial charge in [0.05, 0.1) is 17.1 Å². The highest BCUT2D eigenvalue weighted by molar-refractivity contribution is 7.13. The minimum atomic E-state index is -0.890. The molecule has 0 radical (unpaired) electrons. The molecule has 0 fully saturated rings. The number of hydrogen-bond acceptors (Lipinski definition) is 4. The summed E-state index contributed by atoms with van der Waals surface area (Å²) in [5, 5.41) is 9.66. The van der Waals surface area contributed by atoms with Gasteiger partial charge in [-0.2, -0.15) is 0 Å². The molecule has 1 aromatic heterocycles. The number of carboxylic acids is 1. The third-order valence-electron chi connectivity index (χ3n) is 2.76. The summed E-state index contributed by atoms with van der Waals surface area (Å²) in [7, 11) is 0. The van der Waals surface area contributed by atoms with Crippen molar-refractivity contribution in [2.45, 2.75) is 40.0 Å². The lowest BCUT2D eigenvalue weighted by atomic mass is 10.3. The van der Waals surface area contributed by atoms with Crippen LogP contribution in [0.25, 0.3) is 0 Å². The number of amides is 1. The molecular formula is C13H20N2O3S. The van der Waals surface area contributed by atoms with Crippen LogP contribution in [0.3, 0.4) is 0 Å². The molecule has 0 saturated carbocycles. The zero-order valence-corrected chi connectivity index (χ0v) is 12.4. The van der Waals surface area contributed by atoms with Gasteiger partial charge in [0.25, 0.3) is 5.91 Å². The SMILES string of the molecule is CCCc1nc(C)c(C(=O)N(CC)CCC(=O)O)s1. The number of aliphatic carboxylic acids is 1. The lowest BCUT2D eigenvalue weighted by Crippen LogP contribution is -2.32. The van der Waals surface area contributed by atoms with Crippen LogP contribution < -0.4 is 0 Å². The zero-order chi connectivity index (χ0) is 14.4. The molecule has 0 saturated heterocycles. The maximum atomic E-state index is 12.3. The minimum absolute atomic E-state index is 0.0285. The lowest BCUT2D eigenvalue weighted by Gasteiger charge is -2.19. The maximum Gasteiger partial charge on any atom is 0.305 e. The maximum absolute atomic E-state index is 12.3. The van der Waals surface area contributed by atoms with Crippen LogP contribution in [0.1, 0.15) is 47.1 Å². The lowest BCUT2D eigenvalue weighted by molar-refractivity contribution is -0.137. The average molecular weight is 284 g/mol. The van der Waals surface area contributed by atoms with Crippen LogP contribution in [0.4, 0.5) is 0 Å². The van der Waals surface area contributed by atoms with Gasteiger partial charge < -0.3 is 10.0 Å². The number of carboxylic acid groups (broad SMARTS) is 1. The number of thiazole rings is 1. The fourth-order valence-corrected chi connectivity index (χ4v) is 2.88. The van der Waals surface area contributed by atoms with E-state index in [2.05, 4.69) is 11.9 Å². The number of aryl methyl sites for hydroxylation is 2. The molecule has 0 aliphatic heterocycles. The summed E-state index contributed by atoms with van der Waals surface area (Å²) in [6.45, 7) is 6.50. The second-order valence-electron chi connectivity index (χ2n) is 4.30. The largest absolute Gasteiger partial charge is 0.481 e. The number of nitrogens with zero attached hydrogens (tertiary/aromatic N) is 2. The van der Waals surface area contributed by atoms with Crippen molar-refractivity contribution < 1.29 is 14.7 Å². The van der Waals surface area contributed by atoms with Gasteiger partial charge in [-0.3, -0.25) is 9.59 Å². The van der Waals surface area contributed by atoms with Crippen LogP contribution in [0.15, 0.2) is 0 Å². The Morgan fingerprint density at radius 3 is 2.58 bits per heavy atom. The summed E-state index contributed by atoms with van der Waals surface area (Å²) in [5.74, 6) is -1.000. The van der Waals surface area contributed by atoms with Gasteiger partial charge in [0.2, 0.25) is 0 Å². The van der Waals surface area contributed by atoms with Crippen molar-refractivity contribution in [2.24, 2.45) is 0 Å². The molecule has 0 bridgehead atoms. The molecule has 1 rings (SSSR count). The summed E-state index contributed by atoms with van der Waals surface area (Å²) in [5.41, 5.74) is 0.743. The Morgan fingerprint density at radius 2 is 2.05 bits per heavy atom. The monoisotopic (exact) mass is 284 g/mol. The Labute approximate surface area is 117 Å². The Kier molecular flexibility index (Phi) is 5.95. The van der Waals surface area contributed by atoms with E-state index < -0.39 is 5.97 Å². The second kappa shape index (κ2) is 7.23. The van der Waals surface area contributed by atoms with Crippen LogP contribution in [0, 0.1) is 6.92 Å². The molecule has 0 aromatic carbocycles. The van der Waals surface area contributed by atoms with E-state index in [0.717, 1.165) is 23.5 Å². The van der Waals surface area contributed by atoms with Crippen molar-refractivity contribution in [1.82, 2.24) is 9.88 Å². The van der Waals surface area contributed by atoms with Crippen LogP contribution in [0.2, 0.25) is 0 Å². The molecule has 1 aromatic rings. The smallest absolute Gasteiger partial charge is 0.305 e. The molecule has 1 N–H and O–H groups in total. The molecule has 1 amide bonds. The average Bonchev–Trinajstić information content (AvgIpc) is 2.71. The molecule has 106 valence electrons. The van der Waals surface area contributed by atoms with Crippen LogP contribution in [-0.4, -0.2) is 40.0 Å². The first-order chi connectivity index (χ1) is 8.99. The van der Waals surface area contributed by atoms with Crippen molar-refractivity contribution in [1.29, 1.82) is 0 Å². The fourth-order valence-electron chi connectivity index (χ4n) is 1.75. The van der Waals surface area contributed by atoms with Gasteiger partial charge in [0, 0.05) is 13.1 Å². The van der Waals surface area contributed by atoms with Gasteiger partial charge >= 0.3 is 5.97 Å². The minimum Gasteiger partial charge on any atom is -0.481 e. The van der Waals surface area contributed by atoms with Crippen LogP contribution in [0.5, 0.6) is 0 Å². The number of rotatable bonds is 7. The molecule has 19 heavy (non-hydrogen) atoms. The summed E-state index contributed by atoms with van der Waals surface area (Å²) in [4.78, 5) is 29.5. The Hall–Kier alpha value is -1.43. The molecule has 0 atom stereocenters. The van der Waals surface area contributed by atoms with Gasteiger partial charge in [-0.15, -0.1) is 11.3 Å². The van der Waals surface area contributed by atoms with E-state index >= 15 is 0 Å². The topological polar surface area (TPSA) is 70.5 Å². The zero-order valence-electron chi connectivity index (χ0n) is 11.6. The van der Waals surface area contributed by atoms with E-state index in [1.807, 2.05) is 13.8 Å². The molecule has 1 heterocycles. The highest BCUT2D eigenvalue weighted by Crippen LogP contribution is 2.21. The molecule has 5 nitrogen and oxygen atoms in total. The molecular weight excluding hydrogens is 264 g/mol. The first kappa shape index (κ1) is 15.6. The Morgan fingerprint density at radius 1 is 1.37 bits per heavy atom. The second-order valence-corrected chi connectivity index (χ2v) is 5.38. The molecule has 0 unspecified atom stereocenters. The normalized spacial score (nSPS) is 10.5. The van der Waals surface area contributed by atoms with Gasteiger partial charge in [-0.05, 0) is 26.7 Å². The van der Waals surface area contributed by atoms with Gasteiger partial charge in [0.15, 0.2) is 0 Å². The van der Waals surface area contributed by atoms with Crippen molar-refractivity contribution in [3.05, 3.63) is 15.6 Å². The number of carbonyl (C=O) groups excluding carboxylic acids is 1. The molecule has 6 heteroatoms. The number of hydrogen-bond donors (Lipinski definition) is 1. The van der Waals surface area contributed by atoms with Crippen LogP contribution >= 0.6 is 11.3 Å². The van der Waals surface area contributed by atoms with Gasteiger partial charge in [-0.25, -0.2) is 4.98 Å². The standard InChI is InChI=1S/C13H20N2O3S/c1-4-6-10-14-9(3)12(19-10)13(18)15(5-2)8-7-11(16)17/h4-8H2,1-3H3,(H,16,17). The third kappa shape index (κ3) is 4.31. The van der Waals surface area contributed by atoms with E-state index in [4.69, 9.17) is 5.11 Å². The molecule has 0 aliphatic rings. The van der Waals surface area contributed by atoms with Crippen molar-refractivity contribution in [3.8, 4) is 0 Å². The van der Waals surface area contributed by atoms with E-state index in [-0.39, 0.29) is 18.9 Å². The van der Waals surface area contributed by atoms with Crippen molar-refractivity contribution >= 4 is 23.2 Å². The van der Waals surface area contributed by atoms with E-state index in [1.54, 1.807) is 4.90 Å². The van der Waals surface area contributed by atoms with Gasteiger partial charge in [0.1, 0.15) is 4.88 Å². The van der Waals surface area contributed by atoms with E-state index in [9.17, 15) is 9.59 Å². The fraction of sp³-hybridized carbons (Fsp3) is 0.615. The predicted octanol–water partition coefficient (Wildman–Crippen LogP) is 2.34. The Balaban J connectivity index is 2.81. The van der Waals surface area contributed by atoms with Crippen molar-refractivity contribution in [3.63, 3.8) is 0 Å². The highest BCUT2D eigenvalue weighted by atomic mass is 32.1. The number of carbonyl (C=O) groups is 2. The van der Waals surface area contributed by atoms with Crippen molar-refractivity contribution in [2.75, 3.05) is 13.1 Å². The van der Waals surface area contributed by atoms with Crippen LogP contribution in [-0.2, 0) is 11.2 Å². The quantitative estimate of drug-likeness (QED) is 0.834. The first-order valence-electron chi connectivity index (χ1n) is 6.46. The number of aromatic nitrogens is 1. The molecule has 0 aliphatic carbocycles. The highest BCUT2D eigenvalue weighted by Gasteiger charge is 2.20. The van der Waals surface area contributed by atoms with E-state index in [1.165, 1.54) is 11.3 Å². The van der Waals surface area contributed by atoms with E-state index in [0.29, 0.717) is 11.4 Å². The third-order valence-corrected chi connectivity index (χ3v) is 3.97. The molecule has 0 spiro atoms.